The molecule has 1 unspecified atom stereocenters. The Balaban J connectivity index is 1.93. The van der Waals surface area contributed by atoms with Crippen LogP contribution in [0.25, 0.3) is 0 Å². The lowest BCUT2D eigenvalue weighted by molar-refractivity contribution is -0.136. The third kappa shape index (κ3) is 3.15. The van der Waals surface area contributed by atoms with Crippen LogP contribution < -0.4 is 15.8 Å². The quantitative estimate of drug-likeness (QED) is 0.553. The minimum absolute atomic E-state index is 0.000151. The van der Waals surface area contributed by atoms with Gasteiger partial charge in [0.05, 0.1) is 4.90 Å². The molecule has 1 aromatic carbocycles. The standard InChI is InChI=1S/C15H18N4O5S/c16-6-7-17-25(23,24)12-3-1-2-9-10(12)8-19(15(9)22)11-4-5-13(20)18-14(11)21/h1-3,11,17H,4-8,16H2,(H,18,20,21). The molecule has 25 heavy (non-hydrogen) atoms. The van der Waals surface area contributed by atoms with Gasteiger partial charge in [-0.25, -0.2) is 13.1 Å². The molecule has 3 rings (SSSR count). The molecule has 2 aliphatic heterocycles. The lowest BCUT2D eigenvalue weighted by atomic mass is 10.0. The van der Waals surface area contributed by atoms with Crippen molar-refractivity contribution in [3.63, 3.8) is 0 Å². The third-order valence-corrected chi connectivity index (χ3v) is 5.81. The summed E-state index contributed by atoms with van der Waals surface area (Å²) < 4.78 is 27.2. The molecule has 0 radical (unpaired) electrons. The fourth-order valence-corrected chi connectivity index (χ4v) is 4.38. The van der Waals surface area contributed by atoms with Gasteiger partial charge in [-0.15, -0.1) is 0 Å². The van der Waals surface area contributed by atoms with Crippen molar-refractivity contribution in [1.82, 2.24) is 14.9 Å². The van der Waals surface area contributed by atoms with Crippen LogP contribution in [0.2, 0.25) is 0 Å². The molecule has 134 valence electrons. The number of nitrogens with one attached hydrogen (secondary N) is 2. The highest BCUT2D eigenvalue weighted by molar-refractivity contribution is 7.89. The molecule has 3 amide bonds. The van der Waals surface area contributed by atoms with E-state index in [4.69, 9.17) is 5.73 Å². The van der Waals surface area contributed by atoms with Gasteiger partial charge in [0.1, 0.15) is 6.04 Å². The zero-order chi connectivity index (χ0) is 18.2. The Morgan fingerprint density at radius 3 is 2.72 bits per heavy atom. The predicted molar refractivity (Wildman–Crippen MR) is 86.7 cm³/mol. The van der Waals surface area contributed by atoms with Crippen LogP contribution in [0.1, 0.15) is 28.8 Å². The van der Waals surface area contributed by atoms with Crippen molar-refractivity contribution in [3.05, 3.63) is 29.3 Å². The van der Waals surface area contributed by atoms with E-state index < -0.39 is 27.9 Å². The van der Waals surface area contributed by atoms with Gasteiger partial charge in [0.2, 0.25) is 21.8 Å². The summed E-state index contributed by atoms with van der Waals surface area (Å²) in [6, 6.07) is 3.65. The Bertz CT molecular complexity index is 851. The average molecular weight is 366 g/mol. The van der Waals surface area contributed by atoms with Gasteiger partial charge in [0, 0.05) is 37.2 Å². The molecule has 1 atom stereocenters. The molecule has 0 bridgehead atoms. The Kier molecular flexibility index (Phi) is 4.58. The number of fused-ring (bicyclic) bond motifs is 1. The number of carbonyl (C=O) groups excluding carboxylic acids is 3. The molecule has 1 saturated heterocycles. The fraction of sp³-hybridized carbons (Fsp3) is 0.400. The van der Waals surface area contributed by atoms with Gasteiger partial charge in [-0.3, -0.25) is 19.7 Å². The predicted octanol–water partition coefficient (Wildman–Crippen LogP) is -1.32. The summed E-state index contributed by atoms with van der Waals surface area (Å²) in [5.74, 6) is -1.33. The molecular weight excluding hydrogens is 348 g/mol. The minimum atomic E-state index is -3.81. The highest BCUT2D eigenvalue weighted by Crippen LogP contribution is 2.31. The minimum Gasteiger partial charge on any atom is -0.329 e. The number of nitrogens with zero attached hydrogens (tertiary/aromatic N) is 1. The maximum atomic E-state index is 12.6. The van der Waals surface area contributed by atoms with E-state index in [1.54, 1.807) is 0 Å². The van der Waals surface area contributed by atoms with Crippen LogP contribution in [0.3, 0.4) is 0 Å². The molecule has 0 spiro atoms. The average Bonchev–Trinajstić information content (AvgIpc) is 2.90. The zero-order valence-electron chi connectivity index (χ0n) is 13.3. The molecule has 4 N–H and O–H groups in total. The second-order valence-electron chi connectivity index (χ2n) is 5.87. The second-order valence-corrected chi connectivity index (χ2v) is 7.60. The fourth-order valence-electron chi connectivity index (χ4n) is 3.08. The number of hydrogen-bond donors (Lipinski definition) is 3. The molecule has 1 aromatic rings. The van der Waals surface area contributed by atoms with Crippen molar-refractivity contribution in [2.75, 3.05) is 13.1 Å². The summed E-state index contributed by atoms with van der Waals surface area (Å²) in [7, 11) is -3.81. The molecule has 0 aromatic heterocycles. The van der Waals surface area contributed by atoms with E-state index in [1.807, 2.05) is 0 Å². The van der Waals surface area contributed by atoms with Crippen LogP contribution in [0.5, 0.6) is 0 Å². The van der Waals surface area contributed by atoms with Gasteiger partial charge in [0.25, 0.3) is 5.91 Å². The van der Waals surface area contributed by atoms with E-state index in [0.29, 0.717) is 5.56 Å². The number of nitrogens with two attached hydrogens (primary N) is 1. The maximum absolute atomic E-state index is 12.6. The summed E-state index contributed by atoms with van der Waals surface area (Å²) in [4.78, 5) is 37.3. The number of benzene rings is 1. The zero-order valence-corrected chi connectivity index (χ0v) is 14.1. The molecule has 1 fully saturated rings. The number of sulfonamides is 1. The Morgan fingerprint density at radius 1 is 1.28 bits per heavy atom. The van der Waals surface area contributed by atoms with E-state index in [1.165, 1.54) is 23.1 Å². The SMILES string of the molecule is NCCNS(=O)(=O)c1cccc2c1CN(C1CCC(=O)NC1=O)C2=O. The van der Waals surface area contributed by atoms with E-state index >= 15 is 0 Å². The topological polar surface area (TPSA) is 139 Å². The maximum Gasteiger partial charge on any atom is 0.255 e. The summed E-state index contributed by atoms with van der Waals surface area (Å²) in [5, 5.41) is 2.21. The summed E-state index contributed by atoms with van der Waals surface area (Å²) in [6.07, 6.45) is 0.359. The first-order valence-corrected chi connectivity index (χ1v) is 9.29. The van der Waals surface area contributed by atoms with Crippen molar-refractivity contribution >= 4 is 27.7 Å². The van der Waals surface area contributed by atoms with E-state index in [-0.39, 0.29) is 48.8 Å². The lowest BCUT2D eigenvalue weighted by Gasteiger charge is -2.29. The van der Waals surface area contributed by atoms with Crippen LogP contribution in [0.4, 0.5) is 0 Å². The van der Waals surface area contributed by atoms with Gasteiger partial charge in [0.15, 0.2) is 0 Å². The first kappa shape index (κ1) is 17.5. The van der Waals surface area contributed by atoms with Gasteiger partial charge in [-0.2, -0.15) is 0 Å². The van der Waals surface area contributed by atoms with Crippen molar-refractivity contribution in [2.24, 2.45) is 5.73 Å². The number of carbonyl (C=O) groups is 3. The van der Waals surface area contributed by atoms with E-state index in [0.717, 1.165) is 0 Å². The van der Waals surface area contributed by atoms with Gasteiger partial charge < -0.3 is 10.6 Å². The Labute approximate surface area is 144 Å². The van der Waals surface area contributed by atoms with E-state index in [9.17, 15) is 22.8 Å². The van der Waals surface area contributed by atoms with Crippen molar-refractivity contribution < 1.29 is 22.8 Å². The van der Waals surface area contributed by atoms with Gasteiger partial charge >= 0.3 is 0 Å². The summed E-state index contributed by atoms with van der Waals surface area (Å²) in [6.45, 7) is 0.229. The molecule has 10 heteroatoms. The number of imide groups is 1. The van der Waals surface area contributed by atoms with Gasteiger partial charge in [-0.1, -0.05) is 6.07 Å². The van der Waals surface area contributed by atoms with Crippen LogP contribution in [0, 0.1) is 0 Å². The molecule has 2 aliphatic rings. The highest BCUT2D eigenvalue weighted by atomic mass is 32.2. The van der Waals surface area contributed by atoms with Crippen molar-refractivity contribution in [1.29, 1.82) is 0 Å². The Hall–Kier alpha value is -2.30. The summed E-state index contributed by atoms with van der Waals surface area (Å²) in [5.41, 5.74) is 5.93. The highest BCUT2D eigenvalue weighted by Gasteiger charge is 2.40. The summed E-state index contributed by atoms with van der Waals surface area (Å²) >= 11 is 0. The Morgan fingerprint density at radius 2 is 2.04 bits per heavy atom. The molecule has 9 nitrogen and oxygen atoms in total. The van der Waals surface area contributed by atoms with E-state index in [2.05, 4.69) is 10.0 Å². The smallest absolute Gasteiger partial charge is 0.255 e. The van der Waals surface area contributed by atoms with Crippen LogP contribution in [0.15, 0.2) is 23.1 Å². The molecule has 0 saturated carbocycles. The first-order chi connectivity index (χ1) is 11.8. The third-order valence-electron chi connectivity index (χ3n) is 4.27. The second kappa shape index (κ2) is 6.54. The number of rotatable bonds is 5. The van der Waals surface area contributed by atoms with Crippen molar-refractivity contribution in [2.45, 2.75) is 30.3 Å². The molecule has 2 heterocycles. The number of amides is 3. The molecular formula is C15H18N4O5S. The number of piperidine rings is 1. The monoisotopic (exact) mass is 366 g/mol. The molecule has 0 aliphatic carbocycles. The van der Waals surface area contributed by atoms with Gasteiger partial charge in [-0.05, 0) is 18.6 Å². The van der Waals surface area contributed by atoms with Crippen LogP contribution in [-0.4, -0.2) is 50.2 Å². The van der Waals surface area contributed by atoms with Crippen LogP contribution in [-0.2, 0) is 26.2 Å². The van der Waals surface area contributed by atoms with Crippen LogP contribution >= 0.6 is 0 Å². The largest absolute Gasteiger partial charge is 0.329 e. The lowest BCUT2D eigenvalue weighted by Crippen LogP contribution is -2.52. The number of hydrogen-bond acceptors (Lipinski definition) is 6. The normalized spacial score (nSPS) is 20.6. The first-order valence-electron chi connectivity index (χ1n) is 7.81. The van der Waals surface area contributed by atoms with Crippen molar-refractivity contribution in [3.8, 4) is 0 Å².